The molecule has 1 aromatic rings. The molecule has 1 unspecified atom stereocenters. The predicted molar refractivity (Wildman–Crippen MR) is 74.0 cm³/mol. The van der Waals surface area contributed by atoms with E-state index in [1.54, 1.807) is 0 Å². The molecule has 0 aliphatic heterocycles. The largest absolute Gasteiger partial charge is 0.339 e. The molecule has 2 aliphatic rings. The zero-order valence-corrected chi connectivity index (χ0v) is 11.9. The van der Waals surface area contributed by atoms with Gasteiger partial charge in [0, 0.05) is 18.4 Å². The average molecular weight is 263 g/mol. The van der Waals surface area contributed by atoms with E-state index < -0.39 is 0 Å². The van der Waals surface area contributed by atoms with Gasteiger partial charge in [-0.3, -0.25) is 0 Å². The lowest BCUT2D eigenvalue weighted by molar-refractivity contribution is 0.345. The van der Waals surface area contributed by atoms with Gasteiger partial charge in [0.1, 0.15) is 0 Å². The third-order valence-corrected chi connectivity index (χ3v) is 4.66. The Morgan fingerprint density at radius 2 is 1.89 bits per heavy atom. The minimum Gasteiger partial charge on any atom is -0.339 e. The zero-order chi connectivity index (χ0) is 13.1. The van der Waals surface area contributed by atoms with Crippen molar-refractivity contribution in [2.24, 2.45) is 5.92 Å². The van der Waals surface area contributed by atoms with Gasteiger partial charge in [-0.05, 0) is 38.6 Å². The summed E-state index contributed by atoms with van der Waals surface area (Å²) in [5.41, 5.74) is 0. The van der Waals surface area contributed by atoms with Crippen LogP contribution in [0.5, 0.6) is 0 Å². The maximum absolute atomic E-state index is 5.47. The van der Waals surface area contributed by atoms with E-state index in [1.807, 2.05) is 7.05 Å². The van der Waals surface area contributed by atoms with E-state index in [0.29, 0.717) is 12.0 Å². The van der Waals surface area contributed by atoms with Gasteiger partial charge in [-0.25, -0.2) is 0 Å². The molecule has 0 radical (unpaired) electrons. The van der Waals surface area contributed by atoms with Crippen molar-refractivity contribution in [1.29, 1.82) is 0 Å². The van der Waals surface area contributed by atoms with Gasteiger partial charge in [-0.2, -0.15) is 4.98 Å². The van der Waals surface area contributed by atoms with Crippen LogP contribution in [0.2, 0.25) is 0 Å². The smallest absolute Gasteiger partial charge is 0.228 e. The van der Waals surface area contributed by atoms with E-state index in [4.69, 9.17) is 4.52 Å². The first-order chi connectivity index (χ1) is 9.36. The lowest BCUT2D eigenvalue weighted by Crippen LogP contribution is -2.29. The summed E-state index contributed by atoms with van der Waals surface area (Å²) >= 11 is 0. The average Bonchev–Trinajstić information content (AvgIpc) is 3.21. The number of likely N-dealkylation sites (N-methyl/N-ethyl adjacent to an activating group) is 1. The summed E-state index contributed by atoms with van der Waals surface area (Å²) in [6.45, 7) is 0. The molecule has 4 nitrogen and oxygen atoms in total. The Morgan fingerprint density at radius 1 is 1.16 bits per heavy atom. The van der Waals surface area contributed by atoms with Gasteiger partial charge in [0.2, 0.25) is 5.89 Å². The van der Waals surface area contributed by atoms with Crippen LogP contribution < -0.4 is 5.32 Å². The molecule has 19 heavy (non-hydrogen) atoms. The Labute approximate surface area is 115 Å². The van der Waals surface area contributed by atoms with Gasteiger partial charge in [0.05, 0.1) is 0 Å². The summed E-state index contributed by atoms with van der Waals surface area (Å²) in [5.74, 6) is 3.14. The van der Waals surface area contributed by atoms with Crippen LogP contribution in [0, 0.1) is 5.92 Å². The fraction of sp³-hybridized carbons (Fsp3) is 0.867. The molecule has 106 valence electrons. The number of hydrogen-bond acceptors (Lipinski definition) is 4. The maximum Gasteiger partial charge on any atom is 0.228 e. The third kappa shape index (κ3) is 3.35. The van der Waals surface area contributed by atoms with Crippen molar-refractivity contribution in [1.82, 2.24) is 15.5 Å². The van der Waals surface area contributed by atoms with Crippen molar-refractivity contribution in [3.63, 3.8) is 0 Å². The molecule has 0 aromatic carbocycles. The van der Waals surface area contributed by atoms with Crippen LogP contribution in [0.4, 0.5) is 0 Å². The highest BCUT2D eigenvalue weighted by molar-refractivity contribution is 4.99. The Bertz CT molecular complexity index is 392. The van der Waals surface area contributed by atoms with Crippen molar-refractivity contribution in [2.45, 2.75) is 69.7 Å². The van der Waals surface area contributed by atoms with E-state index in [-0.39, 0.29) is 0 Å². The summed E-state index contributed by atoms with van der Waals surface area (Å²) in [6.07, 6.45) is 11.4. The van der Waals surface area contributed by atoms with E-state index in [2.05, 4.69) is 15.5 Å². The van der Waals surface area contributed by atoms with Gasteiger partial charge < -0.3 is 9.84 Å². The van der Waals surface area contributed by atoms with Crippen LogP contribution in [0.15, 0.2) is 4.52 Å². The first-order valence-corrected chi connectivity index (χ1v) is 7.86. The molecule has 1 heterocycles. The van der Waals surface area contributed by atoms with Crippen molar-refractivity contribution in [3.8, 4) is 0 Å². The molecule has 0 amide bonds. The van der Waals surface area contributed by atoms with Gasteiger partial charge in [-0.15, -0.1) is 0 Å². The summed E-state index contributed by atoms with van der Waals surface area (Å²) < 4.78 is 5.47. The molecular formula is C15H25N3O. The molecule has 3 rings (SSSR count). The van der Waals surface area contributed by atoms with Crippen molar-refractivity contribution in [2.75, 3.05) is 7.05 Å². The van der Waals surface area contributed by atoms with Crippen molar-refractivity contribution < 1.29 is 4.52 Å². The van der Waals surface area contributed by atoms with Crippen LogP contribution in [-0.4, -0.2) is 23.2 Å². The molecule has 1 atom stereocenters. The molecule has 2 fully saturated rings. The topological polar surface area (TPSA) is 51.0 Å². The molecule has 0 bridgehead atoms. The zero-order valence-electron chi connectivity index (χ0n) is 11.9. The standard InChI is InChI=1S/C15H25N3O/c1-16-13(11-8-9-11)10-14-17-15(18-19-14)12-6-4-2-3-5-7-12/h11-13,16H,2-10H2,1H3. The van der Waals surface area contributed by atoms with E-state index in [1.165, 1.54) is 51.4 Å². The summed E-state index contributed by atoms with van der Waals surface area (Å²) in [5, 5.41) is 7.62. The monoisotopic (exact) mass is 263 g/mol. The van der Waals surface area contributed by atoms with E-state index in [0.717, 1.165) is 24.1 Å². The Kier molecular flexibility index (Phi) is 4.16. The van der Waals surface area contributed by atoms with Crippen molar-refractivity contribution in [3.05, 3.63) is 11.7 Å². The SMILES string of the molecule is CNC(Cc1nc(C2CCCCCC2)no1)C1CC1. The van der Waals surface area contributed by atoms with Crippen LogP contribution in [0.3, 0.4) is 0 Å². The lowest BCUT2D eigenvalue weighted by atomic mass is 10.00. The molecule has 2 aliphatic carbocycles. The van der Waals surface area contributed by atoms with Crippen LogP contribution in [0.25, 0.3) is 0 Å². The highest BCUT2D eigenvalue weighted by Gasteiger charge is 2.31. The van der Waals surface area contributed by atoms with Crippen LogP contribution in [0.1, 0.15) is 69.0 Å². The number of rotatable bonds is 5. The normalized spacial score (nSPS) is 23.2. The predicted octanol–water partition coefficient (Wildman–Crippen LogP) is 3.05. The summed E-state index contributed by atoms with van der Waals surface area (Å²) in [7, 11) is 2.03. The third-order valence-electron chi connectivity index (χ3n) is 4.66. The molecule has 4 heteroatoms. The van der Waals surface area contributed by atoms with Gasteiger partial charge >= 0.3 is 0 Å². The van der Waals surface area contributed by atoms with Crippen LogP contribution >= 0.6 is 0 Å². The van der Waals surface area contributed by atoms with Crippen molar-refractivity contribution >= 4 is 0 Å². The fourth-order valence-corrected chi connectivity index (χ4v) is 3.25. The molecule has 0 spiro atoms. The summed E-state index contributed by atoms with van der Waals surface area (Å²) in [6, 6.07) is 0.516. The maximum atomic E-state index is 5.47. The molecular weight excluding hydrogens is 238 g/mol. The Hall–Kier alpha value is -0.900. The molecule has 0 saturated heterocycles. The number of aromatic nitrogens is 2. The summed E-state index contributed by atoms with van der Waals surface area (Å²) in [4.78, 5) is 4.66. The highest BCUT2D eigenvalue weighted by Crippen LogP contribution is 2.34. The highest BCUT2D eigenvalue weighted by atomic mass is 16.5. The first-order valence-electron chi connectivity index (χ1n) is 7.86. The van der Waals surface area contributed by atoms with Gasteiger partial charge in [0.15, 0.2) is 5.82 Å². The number of nitrogens with zero attached hydrogens (tertiary/aromatic N) is 2. The van der Waals surface area contributed by atoms with Gasteiger partial charge in [0.25, 0.3) is 0 Å². The lowest BCUT2D eigenvalue weighted by Gasteiger charge is -2.11. The van der Waals surface area contributed by atoms with Gasteiger partial charge in [-0.1, -0.05) is 30.8 Å². The second-order valence-electron chi connectivity index (χ2n) is 6.17. The molecule has 1 N–H and O–H groups in total. The van der Waals surface area contributed by atoms with E-state index >= 15 is 0 Å². The molecule has 2 saturated carbocycles. The van der Waals surface area contributed by atoms with Crippen LogP contribution in [-0.2, 0) is 6.42 Å². The Balaban J connectivity index is 1.61. The minimum atomic E-state index is 0.516. The molecule has 1 aromatic heterocycles. The fourth-order valence-electron chi connectivity index (χ4n) is 3.25. The first kappa shape index (κ1) is 13.1. The number of hydrogen-bond donors (Lipinski definition) is 1. The second kappa shape index (κ2) is 6.04. The minimum absolute atomic E-state index is 0.516. The second-order valence-corrected chi connectivity index (χ2v) is 6.17. The Morgan fingerprint density at radius 3 is 2.53 bits per heavy atom. The number of nitrogens with one attached hydrogen (secondary N) is 1. The quantitative estimate of drug-likeness (QED) is 0.830. The van der Waals surface area contributed by atoms with E-state index in [9.17, 15) is 0 Å².